The third-order valence-electron chi connectivity index (χ3n) is 8.61. The first-order chi connectivity index (χ1) is 25.7. The van der Waals surface area contributed by atoms with Crippen LogP contribution in [0, 0.1) is 0 Å². The number of aromatic nitrogens is 6. The van der Waals surface area contributed by atoms with Crippen molar-refractivity contribution in [3.63, 3.8) is 0 Å². The minimum Gasteiger partial charge on any atom is -0.489 e. The molecule has 0 fully saturated rings. The molecule has 2 aliphatic heterocycles. The molecule has 10 nitrogen and oxygen atoms in total. The molecule has 0 N–H and O–H groups in total. The number of ether oxygens (including phenoxy) is 2. The van der Waals surface area contributed by atoms with Gasteiger partial charge in [-0.1, -0.05) is 108 Å². The van der Waals surface area contributed by atoms with Gasteiger partial charge < -0.3 is 9.47 Å². The Balaban J connectivity index is 0.784. The van der Waals surface area contributed by atoms with Crippen LogP contribution in [0.3, 0.4) is 0 Å². The summed E-state index contributed by atoms with van der Waals surface area (Å²) in [5, 5.41) is 28.8. The zero-order valence-electron chi connectivity index (χ0n) is 27.7. The Labute approximate surface area is 308 Å². The first-order valence-corrected chi connectivity index (χ1v) is 18.7. The van der Waals surface area contributed by atoms with Crippen LogP contribution in [-0.4, -0.2) is 52.7 Å². The van der Waals surface area contributed by atoms with Gasteiger partial charge in [0.1, 0.15) is 24.7 Å². The SMILES string of the molecule is c1ccc(-c2nnc3n2N=C(c2ccc(OCc4ccc(COc5ccc(C6=Nn7c(nnc7-c7ccccc7)SC6)cc5)cc4)cc2)CS3)cc1. The van der Waals surface area contributed by atoms with Crippen LogP contribution in [0.15, 0.2) is 154 Å². The summed E-state index contributed by atoms with van der Waals surface area (Å²) >= 11 is 3.27. The highest BCUT2D eigenvalue weighted by Gasteiger charge is 2.22. The summed E-state index contributed by atoms with van der Waals surface area (Å²) in [7, 11) is 0. The largest absolute Gasteiger partial charge is 0.489 e. The molecule has 0 radical (unpaired) electrons. The highest BCUT2D eigenvalue weighted by atomic mass is 32.2. The van der Waals surface area contributed by atoms with Gasteiger partial charge in [-0.2, -0.15) is 19.6 Å². The van der Waals surface area contributed by atoms with Crippen molar-refractivity contribution in [2.45, 2.75) is 23.5 Å². The fraction of sp³-hybridized carbons (Fsp3) is 0.100. The molecule has 52 heavy (non-hydrogen) atoms. The average molecular weight is 719 g/mol. The Bertz CT molecular complexity index is 2220. The minimum absolute atomic E-state index is 0.467. The fourth-order valence-electron chi connectivity index (χ4n) is 5.82. The number of fused-ring (bicyclic) bond motifs is 2. The second-order valence-electron chi connectivity index (χ2n) is 12.1. The molecule has 254 valence electrons. The Morgan fingerprint density at radius 3 is 1.25 bits per heavy atom. The normalized spacial score (nSPS) is 13.5. The lowest BCUT2D eigenvalue weighted by Crippen LogP contribution is -2.13. The van der Waals surface area contributed by atoms with Crippen LogP contribution >= 0.6 is 23.5 Å². The van der Waals surface area contributed by atoms with E-state index < -0.39 is 0 Å². The molecule has 0 aliphatic carbocycles. The van der Waals surface area contributed by atoms with Crippen molar-refractivity contribution in [3.05, 3.63) is 156 Å². The van der Waals surface area contributed by atoms with Crippen molar-refractivity contribution in [3.8, 4) is 34.3 Å². The zero-order valence-corrected chi connectivity index (χ0v) is 29.4. The molecular formula is C40H30N8O2S2. The van der Waals surface area contributed by atoms with E-state index in [0.29, 0.717) is 13.2 Å². The van der Waals surface area contributed by atoms with Gasteiger partial charge in [0.15, 0.2) is 11.6 Å². The number of rotatable bonds is 10. The second kappa shape index (κ2) is 14.3. The van der Waals surface area contributed by atoms with Gasteiger partial charge in [0.2, 0.25) is 10.3 Å². The smallest absolute Gasteiger partial charge is 0.212 e. The lowest BCUT2D eigenvalue weighted by Gasteiger charge is -2.14. The van der Waals surface area contributed by atoms with Crippen LogP contribution in [0.25, 0.3) is 22.8 Å². The van der Waals surface area contributed by atoms with Crippen LogP contribution in [0.5, 0.6) is 11.5 Å². The summed E-state index contributed by atoms with van der Waals surface area (Å²) in [6.45, 7) is 0.934. The molecule has 0 unspecified atom stereocenters. The van der Waals surface area contributed by atoms with Crippen molar-refractivity contribution in [2.24, 2.45) is 10.2 Å². The van der Waals surface area contributed by atoms with Crippen molar-refractivity contribution >= 4 is 34.9 Å². The van der Waals surface area contributed by atoms with Crippen LogP contribution in [0.2, 0.25) is 0 Å². The van der Waals surface area contributed by atoms with E-state index in [0.717, 1.165) is 89.8 Å². The Morgan fingerprint density at radius 1 is 0.442 bits per heavy atom. The molecule has 7 aromatic rings. The summed E-state index contributed by atoms with van der Waals surface area (Å²) in [5.74, 6) is 4.54. The minimum atomic E-state index is 0.467. The zero-order chi connectivity index (χ0) is 34.7. The van der Waals surface area contributed by atoms with Crippen LogP contribution in [0.4, 0.5) is 0 Å². The molecule has 2 aromatic heterocycles. The van der Waals surface area contributed by atoms with Crippen LogP contribution in [0.1, 0.15) is 22.3 Å². The maximum atomic E-state index is 6.11. The monoisotopic (exact) mass is 718 g/mol. The highest BCUT2D eigenvalue weighted by molar-refractivity contribution is 8.00. The maximum absolute atomic E-state index is 6.11. The molecule has 5 aromatic carbocycles. The van der Waals surface area contributed by atoms with Crippen molar-refractivity contribution in [2.75, 3.05) is 11.5 Å². The van der Waals surface area contributed by atoms with Crippen molar-refractivity contribution < 1.29 is 9.47 Å². The molecule has 0 spiro atoms. The molecule has 4 heterocycles. The summed E-state index contributed by atoms with van der Waals surface area (Å²) in [4.78, 5) is 0. The standard InChI is InChI=1S/C40H30N8O2S2/c1-3-7-31(8-4-1)37-41-43-39-47(37)45-35(25-51-39)29-15-19-33(20-16-29)49-23-27-11-13-28(14-12-27)24-50-34-21-17-30(18-22-34)36-26-52-40-44-42-38(48(40)46-36)32-9-5-2-6-10-32/h1-22H,23-26H2. The third-order valence-corrected chi connectivity index (χ3v) is 10.5. The molecule has 0 saturated heterocycles. The van der Waals surface area contributed by atoms with Gasteiger partial charge in [-0.05, 0) is 70.8 Å². The quantitative estimate of drug-likeness (QED) is 0.140. The van der Waals surface area contributed by atoms with E-state index >= 15 is 0 Å². The molecule has 0 bridgehead atoms. The van der Waals surface area contributed by atoms with Gasteiger partial charge in [0.25, 0.3) is 0 Å². The van der Waals surface area contributed by atoms with Gasteiger partial charge in [0.05, 0.1) is 11.4 Å². The van der Waals surface area contributed by atoms with Gasteiger partial charge in [-0.25, -0.2) is 0 Å². The second-order valence-corrected chi connectivity index (χ2v) is 14.0. The maximum Gasteiger partial charge on any atom is 0.212 e. The molecule has 12 heteroatoms. The van der Waals surface area contributed by atoms with Crippen molar-refractivity contribution in [1.82, 2.24) is 29.7 Å². The molecule has 0 saturated carbocycles. The number of hydrogen-bond donors (Lipinski definition) is 0. The number of nitrogens with zero attached hydrogens (tertiary/aromatic N) is 8. The van der Waals surface area contributed by atoms with Crippen LogP contribution < -0.4 is 9.47 Å². The summed E-state index contributed by atoms with van der Waals surface area (Å²) in [5.41, 5.74) is 8.15. The van der Waals surface area contributed by atoms with Crippen LogP contribution in [-0.2, 0) is 13.2 Å². The van der Waals surface area contributed by atoms with Crippen molar-refractivity contribution in [1.29, 1.82) is 0 Å². The molecule has 0 amide bonds. The van der Waals surface area contributed by atoms with Gasteiger partial charge in [-0.3, -0.25) is 0 Å². The fourth-order valence-corrected chi connectivity index (χ4v) is 7.50. The van der Waals surface area contributed by atoms with Gasteiger partial charge in [0, 0.05) is 22.6 Å². The summed E-state index contributed by atoms with van der Waals surface area (Å²) in [6, 6.07) is 44.5. The lowest BCUT2D eigenvalue weighted by atomic mass is 10.1. The predicted molar refractivity (Wildman–Crippen MR) is 204 cm³/mol. The Hall–Kier alpha value is -5.98. The van der Waals surface area contributed by atoms with E-state index in [-0.39, 0.29) is 0 Å². The first-order valence-electron chi connectivity index (χ1n) is 16.7. The molecule has 2 aliphatic rings. The Kier molecular flexibility index (Phi) is 8.81. The van der Waals surface area contributed by atoms with E-state index in [1.807, 2.05) is 94.3 Å². The molecule has 9 rings (SSSR count). The summed E-state index contributed by atoms with van der Waals surface area (Å²) < 4.78 is 15.9. The predicted octanol–water partition coefficient (Wildman–Crippen LogP) is 8.08. The topological polar surface area (TPSA) is 105 Å². The van der Waals surface area contributed by atoms with Gasteiger partial charge in [-0.15, -0.1) is 20.4 Å². The Morgan fingerprint density at radius 2 is 0.846 bits per heavy atom. The lowest BCUT2D eigenvalue weighted by molar-refractivity contribution is 0.302. The number of thioether (sulfide) groups is 2. The number of benzene rings is 5. The number of hydrogen-bond acceptors (Lipinski definition) is 10. The van der Waals surface area contributed by atoms with E-state index in [4.69, 9.17) is 19.7 Å². The highest BCUT2D eigenvalue weighted by Crippen LogP contribution is 2.30. The summed E-state index contributed by atoms with van der Waals surface area (Å²) in [6.07, 6.45) is 0. The first kappa shape index (κ1) is 32.0. The van der Waals surface area contributed by atoms with E-state index in [2.05, 4.69) is 68.9 Å². The average Bonchev–Trinajstić information content (AvgIpc) is 3.85. The van der Waals surface area contributed by atoms with E-state index in [1.54, 1.807) is 23.5 Å². The molecular weight excluding hydrogens is 689 g/mol. The van der Waals surface area contributed by atoms with Gasteiger partial charge >= 0.3 is 0 Å². The molecule has 0 atom stereocenters. The third kappa shape index (κ3) is 6.73. The van der Waals surface area contributed by atoms with E-state index in [1.165, 1.54) is 0 Å². The van der Waals surface area contributed by atoms with E-state index in [9.17, 15) is 0 Å².